The van der Waals surface area contributed by atoms with Crippen molar-refractivity contribution in [3.8, 4) is 0 Å². The van der Waals surface area contributed by atoms with E-state index < -0.39 is 0 Å². The molecule has 2 atom stereocenters. The fourth-order valence-electron chi connectivity index (χ4n) is 3.00. The molecule has 0 N–H and O–H groups in total. The van der Waals surface area contributed by atoms with Gasteiger partial charge in [0.25, 0.3) is 5.91 Å². The number of carbonyl (C=O) groups excluding carboxylic acids is 1. The number of hydrogen-bond acceptors (Lipinski definition) is 1. The van der Waals surface area contributed by atoms with Crippen molar-refractivity contribution in [1.29, 1.82) is 0 Å². The number of rotatable bonds is 2. The first-order valence-electron chi connectivity index (χ1n) is 7.04. The van der Waals surface area contributed by atoms with Crippen LogP contribution in [0, 0.1) is 18.7 Å². The van der Waals surface area contributed by atoms with E-state index in [0.717, 1.165) is 6.42 Å². The maximum absolute atomic E-state index is 13.3. The summed E-state index contributed by atoms with van der Waals surface area (Å²) in [6, 6.07) is 4.91. The molecule has 1 fully saturated rings. The average Bonchev–Trinajstić information content (AvgIpc) is 2.41. The molecule has 0 spiro atoms. The lowest BCUT2D eigenvalue weighted by atomic mass is 9.85. The summed E-state index contributed by atoms with van der Waals surface area (Å²) in [4.78, 5) is 14.3. The number of carbonyl (C=O) groups is 1. The van der Waals surface area contributed by atoms with Crippen LogP contribution in [-0.2, 0) is 0 Å². The van der Waals surface area contributed by atoms with E-state index in [2.05, 4.69) is 6.92 Å². The molecule has 0 radical (unpaired) electrons. The zero-order chi connectivity index (χ0) is 14.0. The monoisotopic (exact) mass is 263 g/mol. The lowest BCUT2D eigenvalue weighted by Crippen LogP contribution is -2.42. The molecule has 1 aliphatic rings. The first-order valence-corrected chi connectivity index (χ1v) is 7.04. The van der Waals surface area contributed by atoms with Crippen molar-refractivity contribution < 1.29 is 9.18 Å². The number of halogens is 1. The van der Waals surface area contributed by atoms with Crippen molar-refractivity contribution >= 4 is 5.91 Å². The van der Waals surface area contributed by atoms with Crippen LogP contribution in [0.15, 0.2) is 18.2 Å². The Bertz CT molecular complexity index is 472. The minimum atomic E-state index is -0.259. The first-order chi connectivity index (χ1) is 9.00. The Hall–Kier alpha value is -1.38. The molecule has 2 nitrogen and oxygen atoms in total. The normalized spacial score (nSPS) is 23.2. The minimum Gasteiger partial charge on any atom is -0.338 e. The smallest absolute Gasteiger partial charge is 0.253 e. The van der Waals surface area contributed by atoms with Crippen LogP contribution >= 0.6 is 0 Å². The van der Waals surface area contributed by atoms with Crippen LogP contribution in [0.4, 0.5) is 4.39 Å². The quantitative estimate of drug-likeness (QED) is 0.795. The molecule has 104 valence electrons. The minimum absolute atomic E-state index is 0.00171. The summed E-state index contributed by atoms with van der Waals surface area (Å²) in [5.41, 5.74) is 1.11. The summed E-state index contributed by atoms with van der Waals surface area (Å²) in [5.74, 6) is 0.288. The van der Waals surface area contributed by atoms with E-state index in [9.17, 15) is 9.18 Å². The van der Waals surface area contributed by atoms with Gasteiger partial charge in [-0.2, -0.15) is 0 Å². The van der Waals surface area contributed by atoms with Crippen molar-refractivity contribution in [3.63, 3.8) is 0 Å². The van der Waals surface area contributed by atoms with Gasteiger partial charge >= 0.3 is 0 Å². The van der Waals surface area contributed by atoms with Crippen LogP contribution in [0.25, 0.3) is 0 Å². The van der Waals surface area contributed by atoms with Crippen LogP contribution in [-0.4, -0.2) is 23.9 Å². The Balaban J connectivity index is 2.15. The molecular weight excluding hydrogens is 241 g/mol. The SMILES string of the molecule is Cc1cc(C(=O)N(C)C2CCCCC2C)ccc1F. The van der Waals surface area contributed by atoms with Gasteiger partial charge in [-0.05, 0) is 49.4 Å². The highest BCUT2D eigenvalue weighted by Crippen LogP contribution is 2.28. The van der Waals surface area contributed by atoms with E-state index in [-0.39, 0.29) is 11.7 Å². The zero-order valence-corrected chi connectivity index (χ0v) is 11.9. The Morgan fingerprint density at radius 1 is 1.32 bits per heavy atom. The second kappa shape index (κ2) is 5.72. The maximum atomic E-state index is 13.3. The lowest BCUT2D eigenvalue weighted by Gasteiger charge is -2.36. The fourth-order valence-corrected chi connectivity index (χ4v) is 3.00. The number of hydrogen-bond donors (Lipinski definition) is 0. The Labute approximate surface area is 114 Å². The van der Waals surface area contributed by atoms with Gasteiger partial charge in [0.05, 0.1) is 0 Å². The van der Waals surface area contributed by atoms with Crippen molar-refractivity contribution in [2.45, 2.75) is 45.6 Å². The van der Waals surface area contributed by atoms with Gasteiger partial charge in [0.1, 0.15) is 5.82 Å². The van der Waals surface area contributed by atoms with Crippen molar-refractivity contribution in [2.75, 3.05) is 7.05 Å². The van der Waals surface area contributed by atoms with E-state index in [1.165, 1.54) is 25.3 Å². The van der Waals surface area contributed by atoms with Gasteiger partial charge in [-0.25, -0.2) is 4.39 Å². The third-order valence-corrected chi connectivity index (χ3v) is 4.29. The number of nitrogens with zero attached hydrogens (tertiary/aromatic N) is 1. The van der Waals surface area contributed by atoms with Gasteiger partial charge in [-0.3, -0.25) is 4.79 Å². The summed E-state index contributed by atoms with van der Waals surface area (Å²) in [6.07, 6.45) is 4.71. The first kappa shape index (κ1) is 14.0. The molecule has 1 aromatic rings. The fraction of sp³-hybridized carbons (Fsp3) is 0.562. The molecule has 1 saturated carbocycles. The molecule has 0 aliphatic heterocycles. The van der Waals surface area contributed by atoms with Crippen molar-refractivity contribution in [3.05, 3.63) is 35.1 Å². The molecule has 2 unspecified atom stereocenters. The topological polar surface area (TPSA) is 20.3 Å². The zero-order valence-electron chi connectivity index (χ0n) is 11.9. The molecule has 19 heavy (non-hydrogen) atoms. The average molecular weight is 263 g/mol. The summed E-state index contributed by atoms with van der Waals surface area (Å²) < 4.78 is 13.3. The molecule has 1 amide bonds. The third-order valence-electron chi connectivity index (χ3n) is 4.29. The lowest BCUT2D eigenvalue weighted by molar-refractivity contribution is 0.0629. The van der Waals surface area contributed by atoms with Gasteiger partial charge in [0.2, 0.25) is 0 Å². The number of aryl methyl sites for hydroxylation is 1. The van der Waals surface area contributed by atoms with Crippen LogP contribution in [0.3, 0.4) is 0 Å². The maximum Gasteiger partial charge on any atom is 0.253 e. The summed E-state index contributed by atoms with van der Waals surface area (Å²) in [5, 5.41) is 0. The largest absolute Gasteiger partial charge is 0.338 e. The van der Waals surface area contributed by atoms with E-state index in [4.69, 9.17) is 0 Å². The van der Waals surface area contributed by atoms with Crippen LogP contribution in [0.5, 0.6) is 0 Å². The molecule has 2 rings (SSSR count). The van der Waals surface area contributed by atoms with Gasteiger partial charge in [-0.15, -0.1) is 0 Å². The van der Waals surface area contributed by atoms with Gasteiger partial charge in [0.15, 0.2) is 0 Å². The highest BCUT2D eigenvalue weighted by molar-refractivity contribution is 5.94. The third kappa shape index (κ3) is 2.96. The van der Waals surface area contributed by atoms with Crippen molar-refractivity contribution in [1.82, 2.24) is 4.90 Å². The van der Waals surface area contributed by atoms with Crippen molar-refractivity contribution in [2.24, 2.45) is 5.92 Å². The Morgan fingerprint density at radius 2 is 2.00 bits per heavy atom. The Morgan fingerprint density at radius 3 is 2.63 bits per heavy atom. The van der Waals surface area contributed by atoms with Crippen LogP contribution in [0.2, 0.25) is 0 Å². The standard InChI is InChI=1S/C16H22FNO/c1-11-6-4-5-7-15(11)18(3)16(19)13-8-9-14(17)12(2)10-13/h8-11,15H,4-7H2,1-3H3. The Kier molecular flexibility index (Phi) is 4.23. The molecule has 1 aromatic carbocycles. The molecule has 3 heteroatoms. The molecule has 1 aliphatic carbocycles. The molecular formula is C16H22FNO. The van der Waals surface area contributed by atoms with Crippen LogP contribution in [0.1, 0.15) is 48.5 Å². The van der Waals surface area contributed by atoms with E-state index >= 15 is 0 Å². The molecule has 0 saturated heterocycles. The van der Waals surface area contributed by atoms with Crippen LogP contribution < -0.4 is 0 Å². The molecule has 0 aromatic heterocycles. The predicted molar refractivity (Wildman–Crippen MR) is 74.7 cm³/mol. The second-order valence-electron chi connectivity index (χ2n) is 5.71. The van der Waals surface area contributed by atoms with Gasteiger partial charge < -0.3 is 4.90 Å². The summed E-state index contributed by atoms with van der Waals surface area (Å²) >= 11 is 0. The highest BCUT2D eigenvalue weighted by atomic mass is 19.1. The van der Waals surface area contributed by atoms with E-state index in [1.54, 1.807) is 19.1 Å². The van der Waals surface area contributed by atoms with Gasteiger partial charge in [-0.1, -0.05) is 19.8 Å². The molecule has 0 heterocycles. The highest BCUT2D eigenvalue weighted by Gasteiger charge is 2.28. The summed E-state index contributed by atoms with van der Waals surface area (Å²) in [6.45, 7) is 3.90. The van der Waals surface area contributed by atoms with E-state index in [1.807, 2.05) is 11.9 Å². The number of benzene rings is 1. The predicted octanol–water partition coefficient (Wildman–Crippen LogP) is 3.78. The summed E-state index contributed by atoms with van der Waals surface area (Å²) in [7, 11) is 1.87. The number of amides is 1. The van der Waals surface area contributed by atoms with E-state index in [0.29, 0.717) is 23.1 Å². The molecule has 0 bridgehead atoms. The van der Waals surface area contributed by atoms with Gasteiger partial charge in [0, 0.05) is 18.7 Å². The second-order valence-corrected chi connectivity index (χ2v) is 5.71.